The van der Waals surface area contributed by atoms with Crippen LogP contribution in [-0.4, -0.2) is 37.4 Å². The summed E-state index contributed by atoms with van der Waals surface area (Å²) in [6, 6.07) is -0.291. The molecular formula is C12H25NO3. The monoisotopic (exact) mass is 231 g/mol. The first kappa shape index (κ1) is 15.4. The Kier molecular flexibility index (Phi) is 6.60. The second kappa shape index (κ2) is 6.86. The van der Waals surface area contributed by atoms with E-state index in [0.29, 0.717) is 6.54 Å². The van der Waals surface area contributed by atoms with E-state index in [2.05, 4.69) is 5.32 Å². The smallest absolute Gasteiger partial charge is 0.323 e. The lowest BCUT2D eigenvalue weighted by molar-refractivity contribution is -0.144. The fourth-order valence-corrected chi connectivity index (χ4v) is 1.32. The van der Waals surface area contributed by atoms with Gasteiger partial charge in [0.15, 0.2) is 0 Å². The maximum Gasteiger partial charge on any atom is 0.323 e. The molecule has 2 N–H and O–H groups in total. The number of carbonyl (C=O) groups is 1. The van der Waals surface area contributed by atoms with E-state index in [-0.39, 0.29) is 30.0 Å². The zero-order chi connectivity index (χ0) is 12.8. The zero-order valence-corrected chi connectivity index (χ0v) is 11.0. The standard InChI is InChI=1S/C12H25NO3/c1-6-9(2)10(11(15)16-5)13-7-12(3,4)8-14/h9-10,13-14H,6-8H2,1-5H3. The number of carbonyl (C=O) groups excluding carboxylic acids is 1. The Morgan fingerprint density at radius 1 is 1.50 bits per heavy atom. The summed E-state index contributed by atoms with van der Waals surface area (Å²) >= 11 is 0. The predicted molar refractivity (Wildman–Crippen MR) is 64.1 cm³/mol. The van der Waals surface area contributed by atoms with Crippen molar-refractivity contribution in [1.82, 2.24) is 5.32 Å². The summed E-state index contributed by atoms with van der Waals surface area (Å²) < 4.78 is 4.77. The normalized spacial score (nSPS) is 15.6. The summed E-state index contributed by atoms with van der Waals surface area (Å²) in [7, 11) is 1.40. The first-order chi connectivity index (χ1) is 7.37. The molecule has 0 saturated carbocycles. The van der Waals surface area contributed by atoms with Gasteiger partial charge in [-0.05, 0) is 5.92 Å². The topological polar surface area (TPSA) is 58.6 Å². The number of hydrogen-bond acceptors (Lipinski definition) is 4. The van der Waals surface area contributed by atoms with Crippen LogP contribution in [0.1, 0.15) is 34.1 Å². The Morgan fingerprint density at radius 3 is 2.44 bits per heavy atom. The Balaban J connectivity index is 4.39. The molecule has 0 aliphatic rings. The molecule has 4 heteroatoms. The molecule has 0 bridgehead atoms. The van der Waals surface area contributed by atoms with Crippen LogP contribution in [0.3, 0.4) is 0 Å². The SMILES string of the molecule is CCC(C)C(NCC(C)(C)CO)C(=O)OC. The van der Waals surface area contributed by atoms with Crippen molar-refractivity contribution in [2.75, 3.05) is 20.3 Å². The van der Waals surface area contributed by atoms with Crippen molar-refractivity contribution in [3.63, 3.8) is 0 Å². The molecule has 2 unspecified atom stereocenters. The van der Waals surface area contributed by atoms with Crippen LogP contribution >= 0.6 is 0 Å². The van der Waals surface area contributed by atoms with Gasteiger partial charge in [-0.15, -0.1) is 0 Å². The van der Waals surface area contributed by atoms with Crippen LogP contribution in [0.15, 0.2) is 0 Å². The van der Waals surface area contributed by atoms with Crippen LogP contribution in [-0.2, 0) is 9.53 Å². The van der Waals surface area contributed by atoms with E-state index in [1.807, 2.05) is 27.7 Å². The predicted octanol–water partition coefficient (Wildman–Crippen LogP) is 1.18. The van der Waals surface area contributed by atoms with Gasteiger partial charge in [-0.1, -0.05) is 34.1 Å². The molecule has 0 rings (SSSR count). The number of aliphatic hydroxyl groups excluding tert-OH is 1. The molecule has 0 aromatic carbocycles. The third-order valence-electron chi connectivity index (χ3n) is 2.90. The molecule has 2 atom stereocenters. The van der Waals surface area contributed by atoms with Gasteiger partial charge in [0.05, 0.1) is 7.11 Å². The van der Waals surface area contributed by atoms with Gasteiger partial charge in [-0.3, -0.25) is 4.79 Å². The lowest BCUT2D eigenvalue weighted by Crippen LogP contribution is -2.46. The van der Waals surface area contributed by atoms with Crippen LogP contribution in [0.5, 0.6) is 0 Å². The van der Waals surface area contributed by atoms with Crippen molar-refractivity contribution in [1.29, 1.82) is 0 Å². The van der Waals surface area contributed by atoms with Gasteiger partial charge in [0.25, 0.3) is 0 Å². The van der Waals surface area contributed by atoms with Crippen LogP contribution in [0.4, 0.5) is 0 Å². The van der Waals surface area contributed by atoms with E-state index in [0.717, 1.165) is 6.42 Å². The number of aliphatic hydroxyl groups is 1. The van der Waals surface area contributed by atoms with Crippen molar-refractivity contribution in [2.45, 2.75) is 40.2 Å². The number of esters is 1. The van der Waals surface area contributed by atoms with E-state index < -0.39 is 0 Å². The highest BCUT2D eigenvalue weighted by molar-refractivity contribution is 5.75. The highest BCUT2D eigenvalue weighted by atomic mass is 16.5. The average Bonchev–Trinajstić information content (AvgIpc) is 2.28. The van der Waals surface area contributed by atoms with Crippen molar-refractivity contribution in [2.24, 2.45) is 11.3 Å². The molecule has 0 heterocycles. The molecular weight excluding hydrogens is 206 g/mol. The zero-order valence-electron chi connectivity index (χ0n) is 11.0. The minimum Gasteiger partial charge on any atom is -0.468 e. The summed E-state index contributed by atoms with van der Waals surface area (Å²) in [5.74, 6) is -0.00923. The van der Waals surface area contributed by atoms with Gasteiger partial charge in [0, 0.05) is 18.6 Å². The van der Waals surface area contributed by atoms with Gasteiger partial charge in [-0.2, -0.15) is 0 Å². The second-order valence-corrected chi connectivity index (χ2v) is 5.09. The largest absolute Gasteiger partial charge is 0.468 e. The van der Waals surface area contributed by atoms with Crippen LogP contribution in [0, 0.1) is 11.3 Å². The molecule has 0 fully saturated rings. The van der Waals surface area contributed by atoms with E-state index in [4.69, 9.17) is 9.84 Å². The number of rotatable bonds is 7. The molecule has 0 aliphatic heterocycles. The van der Waals surface area contributed by atoms with E-state index in [9.17, 15) is 4.79 Å². The summed E-state index contributed by atoms with van der Waals surface area (Å²) in [4.78, 5) is 11.6. The second-order valence-electron chi connectivity index (χ2n) is 5.09. The molecule has 0 saturated heterocycles. The Labute approximate surface area is 98.4 Å². The van der Waals surface area contributed by atoms with Crippen molar-refractivity contribution < 1.29 is 14.6 Å². The lowest BCUT2D eigenvalue weighted by Gasteiger charge is -2.28. The van der Waals surface area contributed by atoms with Gasteiger partial charge in [0.1, 0.15) is 6.04 Å². The third-order valence-corrected chi connectivity index (χ3v) is 2.90. The molecule has 0 amide bonds. The quantitative estimate of drug-likeness (QED) is 0.646. The third kappa shape index (κ3) is 4.94. The number of nitrogens with one attached hydrogen (secondary N) is 1. The van der Waals surface area contributed by atoms with Gasteiger partial charge >= 0.3 is 5.97 Å². The summed E-state index contributed by atoms with van der Waals surface area (Å²) in [6.07, 6.45) is 0.909. The molecule has 0 radical (unpaired) electrons. The number of hydrogen-bond donors (Lipinski definition) is 2. The maximum absolute atomic E-state index is 11.6. The van der Waals surface area contributed by atoms with Crippen molar-refractivity contribution in [3.8, 4) is 0 Å². The highest BCUT2D eigenvalue weighted by Crippen LogP contribution is 2.15. The van der Waals surface area contributed by atoms with Crippen LogP contribution in [0.2, 0.25) is 0 Å². The molecule has 0 aliphatic carbocycles. The number of ether oxygens (including phenoxy) is 1. The summed E-state index contributed by atoms with van der Waals surface area (Å²) in [6.45, 7) is 8.64. The Hall–Kier alpha value is -0.610. The van der Waals surface area contributed by atoms with Crippen LogP contribution < -0.4 is 5.32 Å². The minimum absolute atomic E-state index is 0.0917. The summed E-state index contributed by atoms with van der Waals surface area (Å²) in [5, 5.41) is 12.3. The lowest BCUT2D eigenvalue weighted by atomic mass is 9.92. The van der Waals surface area contributed by atoms with Gasteiger partial charge in [0.2, 0.25) is 0 Å². The van der Waals surface area contributed by atoms with E-state index in [1.54, 1.807) is 0 Å². The van der Waals surface area contributed by atoms with Crippen molar-refractivity contribution in [3.05, 3.63) is 0 Å². The molecule has 0 spiro atoms. The van der Waals surface area contributed by atoms with E-state index >= 15 is 0 Å². The van der Waals surface area contributed by atoms with Crippen molar-refractivity contribution >= 4 is 5.97 Å². The fourth-order valence-electron chi connectivity index (χ4n) is 1.32. The first-order valence-corrected chi connectivity index (χ1v) is 5.80. The maximum atomic E-state index is 11.6. The minimum atomic E-state index is -0.291. The fraction of sp³-hybridized carbons (Fsp3) is 0.917. The molecule has 0 aromatic rings. The first-order valence-electron chi connectivity index (χ1n) is 5.80. The summed E-state index contributed by atoms with van der Waals surface area (Å²) in [5.41, 5.74) is -0.222. The Bertz CT molecular complexity index is 216. The number of methoxy groups -OCH3 is 1. The molecule has 4 nitrogen and oxygen atoms in total. The van der Waals surface area contributed by atoms with Gasteiger partial charge < -0.3 is 15.2 Å². The van der Waals surface area contributed by atoms with Crippen LogP contribution in [0.25, 0.3) is 0 Å². The van der Waals surface area contributed by atoms with Gasteiger partial charge in [-0.25, -0.2) is 0 Å². The average molecular weight is 231 g/mol. The molecule has 16 heavy (non-hydrogen) atoms. The van der Waals surface area contributed by atoms with E-state index in [1.165, 1.54) is 7.11 Å². The molecule has 96 valence electrons. The molecule has 0 aromatic heterocycles. The Morgan fingerprint density at radius 2 is 2.06 bits per heavy atom. The highest BCUT2D eigenvalue weighted by Gasteiger charge is 2.27.